The van der Waals surface area contributed by atoms with Crippen LogP contribution in [0.5, 0.6) is 5.75 Å². The summed E-state index contributed by atoms with van der Waals surface area (Å²) < 4.78 is 59.9. The van der Waals surface area contributed by atoms with E-state index < -0.39 is 35.3 Å². The molecule has 4 rings (SSSR count). The lowest BCUT2D eigenvalue weighted by molar-refractivity contribution is -0.322. The minimum atomic E-state index is -4.29. The van der Waals surface area contributed by atoms with E-state index in [4.69, 9.17) is 14.2 Å². The number of ether oxygens (including phenoxy) is 3. The highest BCUT2D eigenvalue weighted by Gasteiger charge is 2.71. The van der Waals surface area contributed by atoms with Crippen LogP contribution in [0.15, 0.2) is 18.2 Å². The SMILES string of the molecule is COc1ccc2c(c1)CC[C@]1(C(F)(F)F)[C@@H]2C[C@@H]2OC(C)(C)OC[C@@H]21. The first kappa shape index (κ1) is 17.2. The van der Waals surface area contributed by atoms with Crippen LogP contribution in [0.4, 0.5) is 13.2 Å². The summed E-state index contributed by atoms with van der Waals surface area (Å²) in [6, 6.07) is 5.44. The van der Waals surface area contributed by atoms with Crippen molar-refractivity contribution in [2.75, 3.05) is 13.7 Å². The quantitative estimate of drug-likeness (QED) is 0.744. The van der Waals surface area contributed by atoms with Gasteiger partial charge in [-0.05, 0) is 56.4 Å². The maximum absolute atomic E-state index is 14.4. The zero-order valence-electron chi connectivity index (χ0n) is 14.7. The number of fused-ring (bicyclic) bond motifs is 5. The van der Waals surface area contributed by atoms with Gasteiger partial charge >= 0.3 is 6.18 Å². The molecule has 25 heavy (non-hydrogen) atoms. The van der Waals surface area contributed by atoms with Crippen LogP contribution >= 0.6 is 0 Å². The summed E-state index contributed by atoms with van der Waals surface area (Å²) in [6.45, 7) is 3.63. The number of hydrogen-bond donors (Lipinski definition) is 0. The Kier molecular flexibility index (Phi) is 3.68. The van der Waals surface area contributed by atoms with E-state index in [9.17, 15) is 13.2 Å². The second-order valence-electron chi connectivity index (χ2n) is 7.86. The Morgan fingerprint density at radius 2 is 2.00 bits per heavy atom. The van der Waals surface area contributed by atoms with Crippen LogP contribution in [0.3, 0.4) is 0 Å². The largest absolute Gasteiger partial charge is 0.497 e. The number of alkyl halides is 3. The summed E-state index contributed by atoms with van der Waals surface area (Å²) in [6.07, 6.45) is -3.85. The maximum Gasteiger partial charge on any atom is 0.395 e. The predicted octanol–water partition coefficient (Wildman–Crippen LogP) is 4.45. The van der Waals surface area contributed by atoms with E-state index in [1.807, 2.05) is 12.1 Å². The van der Waals surface area contributed by atoms with Gasteiger partial charge < -0.3 is 14.2 Å². The van der Waals surface area contributed by atoms with Crippen molar-refractivity contribution in [3.63, 3.8) is 0 Å². The van der Waals surface area contributed by atoms with Crippen molar-refractivity contribution in [1.82, 2.24) is 0 Å². The molecule has 1 saturated heterocycles. The second kappa shape index (κ2) is 5.36. The first-order valence-electron chi connectivity index (χ1n) is 8.73. The van der Waals surface area contributed by atoms with Crippen molar-refractivity contribution >= 4 is 0 Å². The van der Waals surface area contributed by atoms with Gasteiger partial charge in [0.05, 0.1) is 25.2 Å². The molecular formula is C19H23F3O3. The van der Waals surface area contributed by atoms with Crippen molar-refractivity contribution < 1.29 is 27.4 Å². The van der Waals surface area contributed by atoms with Crippen LogP contribution in [0.25, 0.3) is 0 Å². The molecule has 2 fully saturated rings. The van der Waals surface area contributed by atoms with Gasteiger partial charge in [-0.15, -0.1) is 0 Å². The lowest BCUT2D eigenvalue weighted by Gasteiger charge is -2.48. The molecule has 6 heteroatoms. The van der Waals surface area contributed by atoms with Gasteiger partial charge in [-0.1, -0.05) is 6.07 Å². The number of halogens is 3. The first-order chi connectivity index (χ1) is 11.7. The molecule has 138 valence electrons. The molecule has 1 aromatic carbocycles. The number of hydrogen-bond acceptors (Lipinski definition) is 3. The molecular weight excluding hydrogens is 333 g/mol. The van der Waals surface area contributed by atoms with Crippen molar-refractivity contribution in [2.45, 2.75) is 57.1 Å². The molecule has 0 bridgehead atoms. The summed E-state index contributed by atoms with van der Waals surface area (Å²) in [7, 11) is 1.57. The summed E-state index contributed by atoms with van der Waals surface area (Å²) in [5.41, 5.74) is -0.0151. The van der Waals surface area contributed by atoms with Gasteiger partial charge in [0.1, 0.15) is 5.75 Å². The summed E-state index contributed by atoms with van der Waals surface area (Å²) in [4.78, 5) is 0. The van der Waals surface area contributed by atoms with Crippen molar-refractivity contribution in [1.29, 1.82) is 0 Å². The molecule has 0 radical (unpaired) electrons. The third kappa shape index (κ3) is 2.40. The summed E-state index contributed by atoms with van der Waals surface area (Å²) in [5.74, 6) is -1.38. The molecule has 3 aliphatic rings. The van der Waals surface area contributed by atoms with Gasteiger partial charge in [0, 0.05) is 11.8 Å². The Bertz CT molecular complexity index is 685. The van der Waals surface area contributed by atoms with Gasteiger partial charge in [0.2, 0.25) is 0 Å². The van der Waals surface area contributed by atoms with Crippen LogP contribution in [0.1, 0.15) is 43.7 Å². The number of rotatable bonds is 1. The van der Waals surface area contributed by atoms with E-state index in [0.717, 1.165) is 11.1 Å². The van der Waals surface area contributed by atoms with Crippen molar-refractivity contribution in [3.05, 3.63) is 29.3 Å². The summed E-state index contributed by atoms with van der Waals surface area (Å²) >= 11 is 0. The molecule has 1 aromatic rings. The van der Waals surface area contributed by atoms with Gasteiger partial charge in [-0.2, -0.15) is 13.2 Å². The normalized spacial score (nSPS) is 36.3. The second-order valence-corrected chi connectivity index (χ2v) is 7.86. The standard InChI is InChI=1S/C19H23F3O3/c1-17(2)24-10-15-16(25-17)9-14-13-5-4-12(23-3)8-11(13)6-7-18(14,15)19(20,21)22/h4-5,8,14-16H,6-7,9-10H2,1-3H3/t14-,15+,16+,18+/m1/s1. The van der Waals surface area contributed by atoms with E-state index in [1.165, 1.54) is 0 Å². The Balaban J connectivity index is 1.81. The molecule has 2 aliphatic carbocycles. The van der Waals surface area contributed by atoms with Crippen molar-refractivity contribution in [2.24, 2.45) is 11.3 Å². The van der Waals surface area contributed by atoms with E-state index in [0.29, 0.717) is 18.6 Å². The Hall–Kier alpha value is -1.27. The highest BCUT2D eigenvalue weighted by molar-refractivity contribution is 5.43. The number of aryl methyl sites for hydroxylation is 1. The van der Waals surface area contributed by atoms with Crippen LogP contribution < -0.4 is 4.74 Å². The molecule has 0 spiro atoms. The monoisotopic (exact) mass is 356 g/mol. The Labute approximate surface area is 145 Å². The van der Waals surface area contributed by atoms with Gasteiger partial charge in [-0.25, -0.2) is 0 Å². The zero-order chi connectivity index (χ0) is 18.0. The Morgan fingerprint density at radius 1 is 1.24 bits per heavy atom. The fraction of sp³-hybridized carbons (Fsp3) is 0.684. The maximum atomic E-state index is 14.4. The van der Waals surface area contributed by atoms with E-state index in [1.54, 1.807) is 27.0 Å². The number of methoxy groups -OCH3 is 1. The molecule has 0 N–H and O–H groups in total. The fourth-order valence-electron chi connectivity index (χ4n) is 5.19. The topological polar surface area (TPSA) is 27.7 Å². The minimum Gasteiger partial charge on any atom is -0.497 e. The van der Waals surface area contributed by atoms with Crippen LogP contribution in [0, 0.1) is 11.3 Å². The molecule has 0 unspecified atom stereocenters. The van der Waals surface area contributed by atoms with Crippen molar-refractivity contribution in [3.8, 4) is 5.75 Å². The highest BCUT2D eigenvalue weighted by atomic mass is 19.4. The van der Waals surface area contributed by atoms with Gasteiger partial charge in [0.15, 0.2) is 5.79 Å². The molecule has 0 aromatic heterocycles. The third-order valence-electron chi connectivity index (χ3n) is 6.31. The zero-order valence-corrected chi connectivity index (χ0v) is 14.7. The summed E-state index contributed by atoms with van der Waals surface area (Å²) in [5, 5.41) is 0. The molecule has 1 saturated carbocycles. The average Bonchev–Trinajstić information content (AvgIpc) is 2.87. The van der Waals surface area contributed by atoms with Gasteiger partial charge in [-0.3, -0.25) is 0 Å². The molecule has 3 nitrogen and oxygen atoms in total. The smallest absolute Gasteiger partial charge is 0.395 e. The van der Waals surface area contributed by atoms with E-state index in [2.05, 4.69) is 0 Å². The molecule has 1 aliphatic heterocycles. The van der Waals surface area contributed by atoms with E-state index >= 15 is 0 Å². The predicted molar refractivity (Wildman–Crippen MR) is 85.6 cm³/mol. The lowest BCUT2D eigenvalue weighted by Crippen LogP contribution is -2.54. The molecule has 4 atom stereocenters. The van der Waals surface area contributed by atoms with Crippen LogP contribution in [-0.2, 0) is 15.9 Å². The van der Waals surface area contributed by atoms with Gasteiger partial charge in [0.25, 0.3) is 0 Å². The third-order valence-corrected chi connectivity index (χ3v) is 6.31. The van der Waals surface area contributed by atoms with E-state index in [-0.39, 0.29) is 13.0 Å². The highest BCUT2D eigenvalue weighted by Crippen LogP contribution is 2.67. The Morgan fingerprint density at radius 3 is 2.68 bits per heavy atom. The number of benzene rings is 1. The lowest BCUT2D eigenvalue weighted by atomic mass is 9.61. The van der Waals surface area contributed by atoms with Crippen LogP contribution in [-0.4, -0.2) is 31.8 Å². The average molecular weight is 356 g/mol. The minimum absolute atomic E-state index is 0.0790. The van der Waals surface area contributed by atoms with Crippen LogP contribution in [0.2, 0.25) is 0 Å². The fourth-order valence-corrected chi connectivity index (χ4v) is 5.19. The molecule has 1 heterocycles. The first-order valence-corrected chi connectivity index (χ1v) is 8.73. The molecule has 0 amide bonds.